The highest BCUT2D eigenvalue weighted by molar-refractivity contribution is 4.98. The summed E-state index contributed by atoms with van der Waals surface area (Å²) in [6.07, 6.45) is 7.21. The predicted molar refractivity (Wildman–Crippen MR) is 57.0 cm³/mol. The van der Waals surface area contributed by atoms with Gasteiger partial charge >= 0.3 is 0 Å². The number of nitrogens with one attached hydrogen (secondary N) is 1. The standard InChI is InChI=1S/C12H19NO/c1-10-5-2-3-7-12(10)13-9-11-6-4-8-14-11/h4,6,8,10,12-13H,2-3,5,7,9H2,1H3/t10-,12-/m1/s1. The topological polar surface area (TPSA) is 25.2 Å². The van der Waals surface area contributed by atoms with Gasteiger partial charge in [0.15, 0.2) is 0 Å². The average molecular weight is 193 g/mol. The van der Waals surface area contributed by atoms with Crippen molar-refractivity contribution in [1.82, 2.24) is 5.32 Å². The first-order valence-corrected chi connectivity index (χ1v) is 5.62. The van der Waals surface area contributed by atoms with Crippen LogP contribution in [0.15, 0.2) is 22.8 Å². The summed E-state index contributed by atoms with van der Waals surface area (Å²) in [5, 5.41) is 3.58. The second-order valence-electron chi connectivity index (χ2n) is 4.33. The van der Waals surface area contributed by atoms with Crippen LogP contribution in [0.4, 0.5) is 0 Å². The second-order valence-corrected chi connectivity index (χ2v) is 4.33. The van der Waals surface area contributed by atoms with Crippen LogP contribution in [-0.4, -0.2) is 6.04 Å². The first-order valence-electron chi connectivity index (χ1n) is 5.62. The Kier molecular flexibility index (Phi) is 3.25. The lowest BCUT2D eigenvalue weighted by Crippen LogP contribution is -2.36. The van der Waals surface area contributed by atoms with E-state index >= 15 is 0 Å². The van der Waals surface area contributed by atoms with E-state index in [0.29, 0.717) is 6.04 Å². The number of hydrogen-bond acceptors (Lipinski definition) is 2. The fourth-order valence-electron chi connectivity index (χ4n) is 2.26. The summed E-state index contributed by atoms with van der Waals surface area (Å²) in [6, 6.07) is 4.66. The van der Waals surface area contributed by atoms with Gasteiger partial charge in [-0.2, -0.15) is 0 Å². The lowest BCUT2D eigenvalue weighted by Gasteiger charge is -2.29. The maximum Gasteiger partial charge on any atom is 0.117 e. The van der Waals surface area contributed by atoms with E-state index in [0.717, 1.165) is 18.2 Å². The normalized spacial score (nSPS) is 27.8. The molecule has 78 valence electrons. The minimum absolute atomic E-state index is 0.689. The fourth-order valence-corrected chi connectivity index (χ4v) is 2.26. The Morgan fingerprint density at radius 2 is 2.29 bits per heavy atom. The number of hydrogen-bond donors (Lipinski definition) is 1. The molecule has 2 atom stereocenters. The van der Waals surface area contributed by atoms with Crippen LogP contribution in [-0.2, 0) is 6.54 Å². The van der Waals surface area contributed by atoms with Gasteiger partial charge < -0.3 is 9.73 Å². The van der Waals surface area contributed by atoms with Gasteiger partial charge in [-0.05, 0) is 30.9 Å². The molecule has 1 fully saturated rings. The molecular formula is C12H19NO. The van der Waals surface area contributed by atoms with Crippen LogP contribution >= 0.6 is 0 Å². The molecule has 1 aliphatic carbocycles. The van der Waals surface area contributed by atoms with Crippen LogP contribution in [0.2, 0.25) is 0 Å². The smallest absolute Gasteiger partial charge is 0.117 e. The lowest BCUT2D eigenvalue weighted by molar-refractivity contribution is 0.273. The summed E-state index contributed by atoms with van der Waals surface area (Å²) in [7, 11) is 0. The van der Waals surface area contributed by atoms with Gasteiger partial charge in [0.2, 0.25) is 0 Å². The Morgan fingerprint density at radius 3 is 3.00 bits per heavy atom. The molecule has 1 heterocycles. The molecule has 2 heteroatoms. The molecule has 1 aromatic heterocycles. The minimum atomic E-state index is 0.689. The summed E-state index contributed by atoms with van der Waals surface area (Å²) in [5.74, 6) is 1.86. The fraction of sp³-hybridized carbons (Fsp3) is 0.667. The van der Waals surface area contributed by atoms with Gasteiger partial charge in [-0.15, -0.1) is 0 Å². The second kappa shape index (κ2) is 4.65. The molecule has 2 nitrogen and oxygen atoms in total. The molecule has 0 spiro atoms. The molecule has 0 bridgehead atoms. The van der Waals surface area contributed by atoms with Gasteiger partial charge in [0, 0.05) is 6.04 Å². The lowest BCUT2D eigenvalue weighted by atomic mass is 9.86. The summed E-state index contributed by atoms with van der Waals surface area (Å²) < 4.78 is 5.30. The Hall–Kier alpha value is -0.760. The van der Waals surface area contributed by atoms with Crippen molar-refractivity contribution >= 4 is 0 Å². The van der Waals surface area contributed by atoms with E-state index in [1.807, 2.05) is 12.1 Å². The van der Waals surface area contributed by atoms with Crippen molar-refractivity contribution in [3.05, 3.63) is 24.2 Å². The third-order valence-corrected chi connectivity index (χ3v) is 3.23. The molecule has 0 saturated heterocycles. The summed E-state index contributed by atoms with van der Waals surface area (Å²) >= 11 is 0. The Balaban J connectivity index is 1.79. The molecule has 0 unspecified atom stereocenters. The van der Waals surface area contributed by atoms with Gasteiger partial charge in [0.25, 0.3) is 0 Å². The summed E-state index contributed by atoms with van der Waals surface area (Å²) in [5.41, 5.74) is 0. The summed E-state index contributed by atoms with van der Waals surface area (Å²) in [6.45, 7) is 3.22. The molecule has 1 aliphatic rings. The van der Waals surface area contributed by atoms with Crippen LogP contribution < -0.4 is 5.32 Å². The molecular weight excluding hydrogens is 174 g/mol. The van der Waals surface area contributed by atoms with Gasteiger partial charge in [0.05, 0.1) is 12.8 Å². The molecule has 0 radical (unpaired) electrons. The van der Waals surface area contributed by atoms with E-state index in [-0.39, 0.29) is 0 Å². The van der Waals surface area contributed by atoms with Crippen LogP contribution in [0.3, 0.4) is 0 Å². The zero-order chi connectivity index (χ0) is 9.80. The number of rotatable bonds is 3. The first-order chi connectivity index (χ1) is 6.86. The van der Waals surface area contributed by atoms with E-state index in [4.69, 9.17) is 4.42 Å². The van der Waals surface area contributed by atoms with Crippen molar-refractivity contribution < 1.29 is 4.42 Å². The Morgan fingerprint density at radius 1 is 1.43 bits per heavy atom. The average Bonchev–Trinajstić information content (AvgIpc) is 2.69. The van der Waals surface area contributed by atoms with Gasteiger partial charge in [-0.1, -0.05) is 19.8 Å². The van der Waals surface area contributed by atoms with Gasteiger partial charge in [-0.3, -0.25) is 0 Å². The van der Waals surface area contributed by atoms with E-state index in [2.05, 4.69) is 12.2 Å². The first kappa shape index (κ1) is 9.78. The predicted octanol–water partition coefficient (Wildman–Crippen LogP) is 2.95. The zero-order valence-electron chi connectivity index (χ0n) is 8.83. The maximum atomic E-state index is 5.30. The highest BCUT2D eigenvalue weighted by Crippen LogP contribution is 2.23. The highest BCUT2D eigenvalue weighted by atomic mass is 16.3. The maximum absolute atomic E-state index is 5.30. The van der Waals surface area contributed by atoms with E-state index in [1.165, 1.54) is 25.7 Å². The molecule has 1 saturated carbocycles. The quantitative estimate of drug-likeness (QED) is 0.798. The van der Waals surface area contributed by atoms with Crippen molar-refractivity contribution in [3.8, 4) is 0 Å². The largest absolute Gasteiger partial charge is 0.468 e. The van der Waals surface area contributed by atoms with Gasteiger partial charge in [0.1, 0.15) is 5.76 Å². The van der Waals surface area contributed by atoms with Crippen LogP contribution in [0.1, 0.15) is 38.4 Å². The third kappa shape index (κ3) is 2.38. The van der Waals surface area contributed by atoms with Crippen molar-refractivity contribution in [2.45, 2.75) is 45.2 Å². The zero-order valence-corrected chi connectivity index (χ0v) is 8.83. The van der Waals surface area contributed by atoms with Crippen molar-refractivity contribution in [2.24, 2.45) is 5.92 Å². The molecule has 0 aliphatic heterocycles. The Labute approximate surface area is 85.7 Å². The summed E-state index contributed by atoms with van der Waals surface area (Å²) in [4.78, 5) is 0. The Bertz CT molecular complexity index is 255. The van der Waals surface area contributed by atoms with Crippen LogP contribution in [0, 0.1) is 5.92 Å². The van der Waals surface area contributed by atoms with Gasteiger partial charge in [-0.25, -0.2) is 0 Å². The van der Waals surface area contributed by atoms with E-state index in [9.17, 15) is 0 Å². The molecule has 14 heavy (non-hydrogen) atoms. The van der Waals surface area contributed by atoms with Crippen molar-refractivity contribution in [3.63, 3.8) is 0 Å². The van der Waals surface area contributed by atoms with E-state index < -0.39 is 0 Å². The molecule has 1 N–H and O–H groups in total. The van der Waals surface area contributed by atoms with Crippen LogP contribution in [0.25, 0.3) is 0 Å². The van der Waals surface area contributed by atoms with Crippen molar-refractivity contribution in [2.75, 3.05) is 0 Å². The number of furan rings is 1. The SMILES string of the molecule is C[C@@H]1CCCC[C@H]1NCc1ccco1. The highest BCUT2D eigenvalue weighted by Gasteiger charge is 2.20. The molecule has 1 aromatic rings. The molecule has 2 rings (SSSR count). The molecule has 0 amide bonds. The molecule has 0 aromatic carbocycles. The van der Waals surface area contributed by atoms with Crippen molar-refractivity contribution in [1.29, 1.82) is 0 Å². The third-order valence-electron chi connectivity index (χ3n) is 3.23. The van der Waals surface area contributed by atoms with E-state index in [1.54, 1.807) is 6.26 Å². The monoisotopic (exact) mass is 193 g/mol. The minimum Gasteiger partial charge on any atom is -0.468 e. The van der Waals surface area contributed by atoms with Crippen LogP contribution in [0.5, 0.6) is 0 Å².